The molecule has 3 amide bonds. The summed E-state index contributed by atoms with van der Waals surface area (Å²) in [5, 5.41) is 2.27. The number of halogens is 1. The van der Waals surface area contributed by atoms with Crippen LogP contribution in [0.25, 0.3) is 0 Å². The van der Waals surface area contributed by atoms with Crippen LogP contribution in [0, 0.1) is 6.07 Å². The van der Waals surface area contributed by atoms with Crippen LogP contribution in [0.2, 0.25) is 0 Å². The maximum Gasteiger partial charge on any atom is 0.255 e. The largest absolute Gasteiger partial charge is 0.322 e. The number of rotatable bonds is 1. The summed E-state index contributed by atoms with van der Waals surface area (Å²) in [5.74, 6) is -0.843. The molecule has 0 bridgehead atoms. The molecule has 0 aliphatic carbocycles. The Morgan fingerprint density at radius 2 is 2.11 bits per heavy atom. The number of hydrogen-bond acceptors (Lipinski definition) is 3. The average molecular weight is 322 g/mol. The Labute approximate surface area is 118 Å². The van der Waals surface area contributed by atoms with E-state index in [0.717, 1.165) is 10.0 Å². The number of piperidine rings is 1. The molecule has 1 aromatic carbocycles. The third-order valence-corrected chi connectivity index (χ3v) is 3.86. The number of carbonyl (C=O) groups is 3. The number of amides is 3. The second-order valence-corrected chi connectivity index (χ2v) is 5.45. The molecule has 19 heavy (non-hydrogen) atoms. The maximum atomic E-state index is 12.3. The van der Waals surface area contributed by atoms with Crippen LogP contribution in [0.5, 0.6) is 0 Å². The fourth-order valence-electron chi connectivity index (χ4n) is 2.46. The van der Waals surface area contributed by atoms with Gasteiger partial charge in [-0.3, -0.25) is 19.7 Å². The van der Waals surface area contributed by atoms with Crippen LogP contribution in [-0.4, -0.2) is 28.7 Å². The highest BCUT2D eigenvalue weighted by Crippen LogP contribution is 2.28. The van der Waals surface area contributed by atoms with Gasteiger partial charge in [0.05, 0.1) is 0 Å². The normalized spacial score (nSPS) is 22.5. The van der Waals surface area contributed by atoms with E-state index in [9.17, 15) is 14.4 Å². The number of nitrogens with one attached hydrogen (secondary N) is 1. The molecular weight excluding hydrogens is 312 g/mol. The first-order valence-corrected chi connectivity index (χ1v) is 6.71. The average Bonchev–Trinajstić information content (AvgIpc) is 2.66. The molecule has 0 saturated carbocycles. The Bertz CT molecular complexity index is 600. The first-order chi connectivity index (χ1) is 9.06. The molecular formula is C13H10BrN2O3. The monoisotopic (exact) mass is 321 g/mol. The summed E-state index contributed by atoms with van der Waals surface area (Å²) in [5.41, 5.74) is 1.36. The Morgan fingerprint density at radius 1 is 1.32 bits per heavy atom. The molecule has 1 saturated heterocycles. The molecule has 1 fully saturated rings. The van der Waals surface area contributed by atoms with Crippen LogP contribution >= 0.6 is 15.9 Å². The lowest BCUT2D eigenvalue weighted by Crippen LogP contribution is -2.52. The molecule has 3 rings (SSSR count). The van der Waals surface area contributed by atoms with Gasteiger partial charge in [0.25, 0.3) is 5.91 Å². The predicted octanol–water partition coefficient (Wildman–Crippen LogP) is 1.01. The van der Waals surface area contributed by atoms with Crippen molar-refractivity contribution in [2.75, 3.05) is 0 Å². The highest BCUT2D eigenvalue weighted by Gasteiger charge is 2.38. The topological polar surface area (TPSA) is 66.5 Å². The lowest BCUT2D eigenvalue weighted by molar-refractivity contribution is -0.136. The van der Waals surface area contributed by atoms with E-state index in [-0.39, 0.29) is 18.2 Å². The summed E-state index contributed by atoms with van der Waals surface area (Å²) in [4.78, 5) is 36.7. The summed E-state index contributed by atoms with van der Waals surface area (Å²) in [6.45, 7) is 0.361. The molecule has 1 radical (unpaired) electrons. The van der Waals surface area contributed by atoms with Crippen molar-refractivity contribution in [2.45, 2.75) is 25.4 Å². The van der Waals surface area contributed by atoms with Gasteiger partial charge in [0.2, 0.25) is 11.8 Å². The standard InChI is InChI=1S/C13H10BrN2O3/c14-8-1-2-9-7(5-8)6-16(13(9)19)10-3-4-11(17)15-12(10)18/h1-2,10H,3-4,6H2,(H,15,17,18). The van der Waals surface area contributed by atoms with Gasteiger partial charge in [0.15, 0.2) is 0 Å². The molecule has 2 aliphatic heterocycles. The third kappa shape index (κ3) is 2.06. The predicted molar refractivity (Wildman–Crippen MR) is 69.0 cm³/mol. The molecule has 1 unspecified atom stereocenters. The van der Waals surface area contributed by atoms with E-state index in [2.05, 4.69) is 27.3 Å². The summed E-state index contributed by atoms with van der Waals surface area (Å²) in [7, 11) is 0. The molecule has 0 spiro atoms. The van der Waals surface area contributed by atoms with E-state index in [0.29, 0.717) is 18.5 Å². The molecule has 1 aromatic rings. The summed E-state index contributed by atoms with van der Waals surface area (Å²) >= 11 is 3.31. The SMILES string of the molecule is O=C1CCC(N2Cc3[c]c(Br)ccc3C2=O)C(=O)N1. The van der Waals surface area contributed by atoms with Crippen LogP contribution in [0.15, 0.2) is 16.6 Å². The molecule has 1 atom stereocenters. The van der Waals surface area contributed by atoms with E-state index in [1.54, 1.807) is 12.1 Å². The lowest BCUT2D eigenvalue weighted by Gasteiger charge is -2.29. The minimum absolute atomic E-state index is 0.173. The van der Waals surface area contributed by atoms with Crippen molar-refractivity contribution in [1.82, 2.24) is 10.2 Å². The fraction of sp³-hybridized carbons (Fsp3) is 0.308. The molecule has 0 aromatic heterocycles. The Balaban J connectivity index is 1.87. The quantitative estimate of drug-likeness (QED) is 0.785. The van der Waals surface area contributed by atoms with Crippen molar-refractivity contribution >= 4 is 33.7 Å². The second-order valence-electron chi connectivity index (χ2n) is 4.60. The third-order valence-electron chi connectivity index (χ3n) is 3.40. The van der Waals surface area contributed by atoms with Gasteiger partial charge in [0, 0.05) is 29.1 Å². The van der Waals surface area contributed by atoms with E-state index in [1.165, 1.54) is 4.90 Å². The van der Waals surface area contributed by atoms with Gasteiger partial charge in [-0.1, -0.05) is 15.9 Å². The van der Waals surface area contributed by atoms with Gasteiger partial charge in [-0.25, -0.2) is 0 Å². The smallest absolute Gasteiger partial charge is 0.255 e. The van der Waals surface area contributed by atoms with Crippen LogP contribution in [0.3, 0.4) is 0 Å². The minimum Gasteiger partial charge on any atom is -0.322 e. The minimum atomic E-state index is -0.565. The number of hydrogen-bond donors (Lipinski definition) is 1. The van der Waals surface area contributed by atoms with Crippen LogP contribution < -0.4 is 5.32 Å². The van der Waals surface area contributed by atoms with Crippen LogP contribution in [0.1, 0.15) is 28.8 Å². The molecule has 6 heteroatoms. The van der Waals surface area contributed by atoms with Crippen molar-refractivity contribution in [3.8, 4) is 0 Å². The lowest BCUT2D eigenvalue weighted by atomic mass is 10.0. The van der Waals surface area contributed by atoms with Crippen molar-refractivity contribution < 1.29 is 14.4 Å². The molecule has 5 nitrogen and oxygen atoms in total. The number of imide groups is 1. The van der Waals surface area contributed by atoms with Gasteiger partial charge in [-0.05, 0) is 24.1 Å². The number of benzene rings is 1. The first kappa shape index (κ1) is 12.3. The zero-order chi connectivity index (χ0) is 13.6. The maximum absolute atomic E-state index is 12.3. The highest BCUT2D eigenvalue weighted by atomic mass is 79.9. The van der Waals surface area contributed by atoms with Crippen LogP contribution in [0.4, 0.5) is 0 Å². The van der Waals surface area contributed by atoms with E-state index in [1.807, 2.05) is 0 Å². The van der Waals surface area contributed by atoms with Gasteiger partial charge >= 0.3 is 0 Å². The van der Waals surface area contributed by atoms with Crippen molar-refractivity contribution in [3.63, 3.8) is 0 Å². The Hall–Kier alpha value is -1.69. The highest BCUT2D eigenvalue weighted by molar-refractivity contribution is 9.10. The van der Waals surface area contributed by atoms with Crippen molar-refractivity contribution in [3.05, 3.63) is 33.8 Å². The van der Waals surface area contributed by atoms with Crippen molar-refractivity contribution in [1.29, 1.82) is 0 Å². The van der Waals surface area contributed by atoms with Crippen molar-refractivity contribution in [2.24, 2.45) is 0 Å². The van der Waals surface area contributed by atoms with Gasteiger partial charge in [-0.2, -0.15) is 0 Å². The summed E-state index contributed by atoms with van der Waals surface area (Å²) in [6.07, 6.45) is 0.648. The summed E-state index contributed by atoms with van der Waals surface area (Å²) in [6, 6.07) is 5.98. The van der Waals surface area contributed by atoms with E-state index < -0.39 is 11.9 Å². The zero-order valence-electron chi connectivity index (χ0n) is 9.90. The fourth-order valence-corrected chi connectivity index (χ4v) is 2.83. The Morgan fingerprint density at radius 3 is 2.84 bits per heavy atom. The van der Waals surface area contributed by atoms with E-state index in [4.69, 9.17) is 0 Å². The number of carbonyl (C=O) groups excluding carboxylic acids is 3. The zero-order valence-corrected chi connectivity index (χ0v) is 11.5. The van der Waals surface area contributed by atoms with E-state index >= 15 is 0 Å². The van der Waals surface area contributed by atoms with Crippen LogP contribution in [-0.2, 0) is 16.1 Å². The molecule has 1 N–H and O–H groups in total. The number of nitrogens with zero attached hydrogens (tertiary/aromatic N) is 1. The van der Waals surface area contributed by atoms with Gasteiger partial charge in [0.1, 0.15) is 6.04 Å². The summed E-state index contributed by atoms with van der Waals surface area (Å²) < 4.78 is 0.782. The first-order valence-electron chi connectivity index (χ1n) is 5.91. The Kier molecular flexibility index (Phi) is 2.89. The molecule has 97 valence electrons. The van der Waals surface area contributed by atoms with Gasteiger partial charge in [-0.15, -0.1) is 0 Å². The number of fused-ring (bicyclic) bond motifs is 1. The molecule has 2 aliphatic rings. The second kappa shape index (κ2) is 4.45. The molecule has 2 heterocycles. The van der Waals surface area contributed by atoms with Gasteiger partial charge < -0.3 is 4.90 Å².